The quantitative estimate of drug-likeness (QED) is 0.244. The minimum atomic E-state index is -0.862. The van der Waals surface area contributed by atoms with Gasteiger partial charge < -0.3 is 28.4 Å². The lowest BCUT2D eigenvalue weighted by Gasteiger charge is -2.60. The van der Waals surface area contributed by atoms with E-state index < -0.39 is 36.0 Å². The smallest absolute Gasteiger partial charge is 0.352 e. The van der Waals surface area contributed by atoms with Gasteiger partial charge in [0.2, 0.25) is 12.1 Å². The van der Waals surface area contributed by atoms with Crippen molar-refractivity contribution in [3.05, 3.63) is 48.5 Å². The first kappa shape index (κ1) is 27.3. The molecule has 2 aromatic carbocycles. The molecule has 0 aromatic heterocycles. The Hall–Kier alpha value is -2.85. The standard InChI is InChI=1S/C31H38O9/c1-18-13-14-24-19(2)28(37-29-31(24)23(18)15-16-30(4,38-29)39-40-31)35-22-10-8-9-21(17-22)34-20(3)27(32)36-26-12-7-6-11-25(26)33-5/h6-12,17-20,23-24,28-29H,13-16H2,1-5H3/t18-,19-,20?,23?,24?,28-,29-,30+,31-/m1/s1. The summed E-state index contributed by atoms with van der Waals surface area (Å²) in [4.78, 5) is 24.8. The summed E-state index contributed by atoms with van der Waals surface area (Å²) in [6.45, 7) is 7.99. The number of rotatable bonds is 7. The second-order valence-corrected chi connectivity index (χ2v) is 11.7. The van der Waals surface area contributed by atoms with Gasteiger partial charge in [-0.25, -0.2) is 14.6 Å². The lowest BCUT2D eigenvalue weighted by molar-refractivity contribution is -0.575. The molecule has 9 atom stereocenters. The molecule has 5 aliphatic rings. The summed E-state index contributed by atoms with van der Waals surface area (Å²) in [5, 5.41) is 0. The third-order valence-electron chi connectivity index (χ3n) is 9.08. The lowest BCUT2D eigenvalue weighted by Crippen LogP contribution is -2.70. The second-order valence-electron chi connectivity index (χ2n) is 11.7. The lowest BCUT2D eigenvalue weighted by atomic mass is 9.58. The fraction of sp³-hybridized carbons (Fsp3) is 0.581. The molecule has 4 aliphatic heterocycles. The molecule has 4 heterocycles. The van der Waals surface area contributed by atoms with Crippen molar-refractivity contribution in [3.8, 4) is 23.0 Å². The first-order valence-corrected chi connectivity index (χ1v) is 14.2. The number of methoxy groups -OCH3 is 1. The van der Waals surface area contributed by atoms with E-state index in [1.54, 1.807) is 43.3 Å². The summed E-state index contributed by atoms with van der Waals surface area (Å²) in [6.07, 6.45) is 1.83. The molecule has 9 nitrogen and oxygen atoms in total. The maximum Gasteiger partial charge on any atom is 0.352 e. The van der Waals surface area contributed by atoms with Gasteiger partial charge in [-0.05, 0) is 69.2 Å². The average Bonchev–Trinajstić information content (AvgIpc) is 3.17. The number of fused-ring (bicyclic) bond motifs is 2. The van der Waals surface area contributed by atoms with Crippen molar-refractivity contribution in [3.63, 3.8) is 0 Å². The highest BCUT2D eigenvalue weighted by atomic mass is 17.3. The molecule has 0 amide bonds. The zero-order chi connectivity index (χ0) is 28.1. The van der Waals surface area contributed by atoms with Crippen LogP contribution in [-0.4, -0.2) is 43.2 Å². The predicted octanol–water partition coefficient (Wildman–Crippen LogP) is 5.65. The maximum atomic E-state index is 12.7. The summed E-state index contributed by atoms with van der Waals surface area (Å²) in [7, 11) is 1.52. The van der Waals surface area contributed by atoms with Crippen LogP contribution >= 0.6 is 0 Å². The van der Waals surface area contributed by atoms with Crippen molar-refractivity contribution < 1.29 is 43.0 Å². The van der Waals surface area contributed by atoms with Crippen molar-refractivity contribution in [2.45, 2.75) is 83.5 Å². The third-order valence-corrected chi connectivity index (χ3v) is 9.08. The summed E-state index contributed by atoms with van der Waals surface area (Å²) in [6, 6.07) is 14.2. The summed E-state index contributed by atoms with van der Waals surface area (Å²) >= 11 is 0. The Morgan fingerprint density at radius 2 is 1.75 bits per heavy atom. The zero-order valence-electron chi connectivity index (χ0n) is 23.7. The van der Waals surface area contributed by atoms with Crippen LogP contribution in [0.2, 0.25) is 0 Å². The van der Waals surface area contributed by atoms with E-state index >= 15 is 0 Å². The largest absolute Gasteiger partial charge is 0.493 e. The summed E-state index contributed by atoms with van der Waals surface area (Å²) < 4.78 is 36.0. The van der Waals surface area contributed by atoms with Gasteiger partial charge in [0.1, 0.15) is 11.5 Å². The third kappa shape index (κ3) is 4.72. The fourth-order valence-electron chi connectivity index (χ4n) is 6.91. The molecule has 1 saturated carbocycles. The molecule has 40 heavy (non-hydrogen) atoms. The van der Waals surface area contributed by atoms with Gasteiger partial charge >= 0.3 is 5.97 Å². The molecule has 4 saturated heterocycles. The van der Waals surface area contributed by atoms with Crippen LogP contribution in [-0.2, 0) is 24.0 Å². The second kappa shape index (κ2) is 10.5. The topological polar surface area (TPSA) is 90.9 Å². The number of carbonyl (C=O) groups is 1. The van der Waals surface area contributed by atoms with E-state index in [0.717, 1.165) is 25.7 Å². The maximum absolute atomic E-state index is 12.7. The Labute approximate surface area is 234 Å². The van der Waals surface area contributed by atoms with E-state index in [-0.39, 0.29) is 17.8 Å². The van der Waals surface area contributed by atoms with Crippen molar-refractivity contribution >= 4 is 5.97 Å². The molecule has 9 heteroatoms. The number of esters is 1. The van der Waals surface area contributed by atoms with E-state index in [0.29, 0.717) is 28.9 Å². The molecule has 1 spiro atoms. The van der Waals surface area contributed by atoms with Gasteiger partial charge in [-0.1, -0.05) is 32.0 Å². The van der Waals surface area contributed by atoms with Crippen molar-refractivity contribution in [1.29, 1.82) is 0 Å². The Bertz CT molecular complexity index is 1230. The molecule has 3 unspecified atom stereocenters. The number of hydrogen-bond acceptors (Lipinski definition) is 9. The Morgan fingerprint density at radius 1 is 0.975 bits per heavy atom. The molecule has 5 fully saturated rings. The average molecular weight is 555 g/mol. The molecule has 0 radical (unpaired) electrons. The summed E-state index contributed by atoms with van der Waals surface area (Å²) in [5.41, 5.74) is -0.644. The Kier molecular flexibility index (Phi) is 7.19. The highest BCUT2D eigenvalue weighted by Gasteiger charge is 2.69. The van der Waals surface area contributed by atoms with Gasteiger partial charge in [0, 0.05) is 24.3 Å². The molecular formula is C31H38O9. The van der Waals surface area contributed by atoms with E-state index in [4.69, 9.17) is 38.2 Å². The molecule has 0 N–H and O–H groups in total. The minimum Gasteiger partial charge on any atom is -0.493 e. The van der Waals surface area contributed by atoms with E-state index in [9.17, 15) is 4.79 Å². The number of carbonyl (C=O) groups excluding carboxylic acids is 1. The van der Waals surface area contributed by atoms with Crippen LogP contribution < -0.4 is 18.9 Å². The van der Waals surface area contributed by atoms with Crippen LogP contribution in [0.15, 0.2) is 48.5 Å². The Balaban J connectivity index is 1.16. The van der Waals surface area contributed by atoms with Crippen molar-refractivity contribution in [2.24, 2.45) is 23.7 Å². The number of hydrogen-bond donors (Lipinski definition) is 0. The first-order chi connectivity index (χ1) is 19.2. The van der Waals surface area contributed by atoms with Gasteiger partial charge in [0.25, 0.3) is 0 Å². The molecule has 7 rings (SSSR count). The highest BCUT2D eigenvalue weighted by Crippen LogP contribution is 2.60. The normalized spacial score (nSPS) is 37.0. The molecule has 2 bridgehead atoms. The number of benzene rings is 2. The zero-order valence-corrected chi connectivity index (χ0v) is 23.7. The predicted molar refractivity (Wildman–Crippen MR) is 143 cm³/mol. The number of para-hydroxylation sites is 2. The highest BCUT2D eigenvalue weighted by molar-refractivity contribution is 5.77. The van der Waals surface area contributed by atoms with Crippen LogP contribution in [0.5, 0.6) is 23.0 Å². The van der Waals surface area contributed by atoms with Crippen molar-refractivity contribution in [2.75, 3.05) is 7.11 Å². The molecule has 2 aromatic rings. The number of ether oxygens (including phenoxy) is 6. The van der Waals surface area contributed by atoms with Gasteiger partial charge in [-0.3, -0.25) is 0 Å². The van der Waals surface area contributed by atoms with Gasteiger partial charge in [0.05, 0.1) is 7.11 Å². The molecule has 216 valence electrons. The SMILES string of the molecule is COc1ccccc1OC(=O)C(C)Oc1cccc(O[C@@H]2O[C@@H]3O[C@]4(C)CCC5[C@H](C)CCC([C@H]2C)[C@]53OO4)c1. The fourth-order valence-corrected chi connectivity index (χ4v) is 6.91. The minimum absolute atomic E-state index is 0.0280. The molecular weight excluding hydrogens is 516 g/mol. The van der Waals surface area contributed by atoms with E-state index in [1.165, 1.54) is 7.11 Å². The summed E-state index contributed by atoms with van der Waals surface area (Å²) in [5.74, 6) is 1.43. The van der Waals surface area contributed by atoms with Crippen LogP contribution in [0.1, 0.15) is 53.4 Å². The van der Waals surface area contributed by atoms with Crippen LogP contribution in [0.25, 0.3) is 0 Å². The van der Waals surface area contributed by atoms with Gasteiger partial charge in [-0.2, -0.15) is 0 Å². The van der Waals surface area contributed by atoms with Crippen LogP contribution in [0.3, 0.4) is 0 Å². The van der Waals surface area contributed by atoms with E-state index in [1.807, 2.05) is 19.1 Å². The van der Waals surface area contributed by atoms with Crippen LogP contribution in [0, 0.1) is 23.7 Å². The van der Waals surface area contributed by atoms with Crippen molar-refractivity contribution in [1.82, 2.24) is 0 Å². The monoisotopic (exact) mass is 554 g/mol. The Morgan fingerprint density at radius 3 is 2.55 bits per heavy atom. The van der Waals surface area contributed by atoms with Crippen LogP contribution in [0.4, 0.5) is 0 Å². The van der Waals surface area contributed by atoms with Gasteiger partial charge in [0.15, 0.2) is 29.5 Å². The molecule has 1 aliphatic carbocycles. The first-order valence-electron chi connectivity index (χ1n) is 14.2. The van der Waals surface area contributed by atoms with E-state index in [2.05, 4.69) is 13.8 Å². The van der Waals surface area contributed by atoms with Gasteiger partial charge in [-0.15, -0.1) is 0 Å².